The quantitative estimate of drug-likeness (QED) is 0.763. The van der Waals surface area contributed by atoms with E-state index < -0.39 is 11.9 Å². The molecule has 0 spiro atoms. The maximum Gasteiger partial charge on any atom is 0.317 e. The number of carboxylic acids is 1. The lowest BCUT2D eigenvalue weighted by atomic mass is 9.99. The molecule has 5 heteroatoms. The van der Waals surface area contributed by atoms with Gasteiger partial charge in [0.15, 0.2) is 0 Å². The third-order valence-electron chi connectivity index (χ3n) is 4.07. The Hall–Kier alpha value is -1.52. The van der Waals surface area contributed by atoms with Crippen LogP contribution in [0.3, 0.4) is 0 Å². The van der Waals surface area contributed by atoms with Gasteiger partial charge in [0.25, 0.3) is 0 Å². The number of aliphatic carboxylic acids is 1. The molecule has 1 fully saturated rings. The number of hydrogen-bond acceptors (Lipinski definition) is 2. The van der Waals surface area contributed by atoms with E-state index in [2.05, 4.69) is 11.4 Å². The van der Waals surface area contributed by atoms with Gasteiger partial charge in [-0.15, -0.1) is 0 Å². The molecule has 1 saturated heterocycles. The van der Waals surface area contributed by atoms with E-state index in [0.717, 1.165) is 19.3 Å². The zero-order chi connectivity index (χ0) is 13.8. The molecule has 0 bridgehead atoms. The highest BCUT2D eigenvalue weighted by Gasteiger charge is 2.36. The Kier molecular flexibility index (Phi) is 4.45. The standard InChI is InChI=1S/C14H22N2O3/c1-10-8-16(9-12(10)13(17)18)14(19)15-7-6-11-4-2-3-5-11/h4,10,12H,2-3,5-9H2,1H3,(H,15,19)(H,17,18)/t10-,12-/m1/s1. The van der Waals surface area contributed by atoms with Crippen LogP contribution in [0.1, 0.15) is 32.6 Å². The van der Waals surface area contributed by atoms with Gasteiger partial charge in [-0.1, -0.05) is 18.6 Å². The van der Waals surface area contributed by atoms with E-state index in [-0.39, 0.29) is 11.9 Å². The van der Waals surface area contributed by atoms with Crippen molar-refractivity contribution in [2.45, 2.75) is 32.6 Å². The molecule has 0 aromatic rings. The molecule has 2 atom stereocenters. The van der Waals surface area contributed by atoms with Crippen LogP contribution in [0.4, 0.5) is 4.79 Å². The second-order valence-corrected chi connectivity index (χ2v) is 5.56. The summed E-state index contributed by atoms with van der Waals surface area (Å²) in [6.45, 7) is 3.39. The van der Waals surface area contributed by atoms with Crippen LogP contribution in [-0.4, -0.2) is 41.6 Å². The van der Waals surface area contributed by atoms with Crippen molar-refractivity contribution in [1.29, 1.82) is 0 Å². The Morgan fingerprint density at radius 3 is 2.84 bits per heavy atom. The second-order valence-electron chi connectivity index (χ2n) is 5.56. The van der Waals surface area contributed by atoms with E-state index in [1.807, 2.05) is 6.92 Å². The smallest absolute Gasteiger partial charge is 0.317 e. The molecule has 2 aliphatic rings. The van der Waals surface area contributed by atoms with Crippen molar-refractivity contribution in [3.63, 3.8) is 0 Å². The molecule has 2 N–H and O–H groups in total. The SMILES string of the molecule is C[C@@H]1CN(C(=O)NCCC2=CCCC2)C[C@H]1C(=O)O. The first kappa shape index (κ1) is 13.9. The fourth-order valence-corrected chi connectivity index (χ4v) is 2.86. The molecular weight excluding hydrogens is 244 g/mol. The fraction of sp³-hybridized carbons (Fsp3) is 0.714. The summed E-state index contributed by atoms with van der Waals surface area (Å²) in [6.07, 6.45) is 6.71. The summed E-state index contributed by atoms with van der Waals surface area (Å²) in [5.74, 6) is -1.21. The number of hydrogen-bond donors (Lipinski definition) is 2. The predicted octanol–water partition coefficient (Wildman–Crippen LogP) is 1.85. The predicted molar refractivity (Wildman–Crippen MR) is 71.8 cm³/mol. The van der Waals surface area contributed by atoms with Gasteiger partial charge in [-0.2, -0.15) is 0 Å². The summed E-state index contributed by atoms with van der Waals surface area (Å²) in [4.78, 5) is 24.6. The van der Waals surface area contributed by atoms with Crippen LogP contribution in [0.15, 0.2) is 11.6 Å². The number of carbonyl (C=O) groups is 2. The average Bonchev–Trinajstić information content (AvgIpc) is 2.98. The summed E-state index contributed by atoms with van der Waals surface area (Å²) in [5.41, 5.74) is 1.43. The molecule has 106 valence electrons. The number of nitrogens with one attached hydrogen (secondary N) is 1. The highest BCUT2D eigenvalue weighted by Crippen LogP contribution is 2.23. The largest absolute Gasteiger partial charge is 0.481 e. The van der Waals surface area contributed by atoms with Gasteiger partial charge >= 0.3 is 12.0 Å². The first-order valence-electron chi connectivity index (χ1n) is 7.01. The van der Waals surface area contributed by atoms with Gasteiger partial charge in [0, 0.05) is 19.6 Å². The lowest BCUT2D eigenvalue weighted by Crippen LogP contribution is -2.39. The third-order valence-corrected chi connectivity index (χ3v) is 4.07. The average molecular weight is 266 g/mol. The Morgan fingerprint density at radius 2 is 2.26 bits per heavy atom. The topological polar surface area (TPSA) is 69.6 Å². The first-order valence-corrected chi connectivity index (χ1v) is 7.01. The normalized spacial score (nSPS) is 26.4. The number of allylic oxidation sites excluding steroid dienone is 1. The summed E-state index contributed by atoms with van der Waals surface area (Å²) in [5, 5.41) is 11.9. The van der Waals surface area contributed by atoms with E-state index in [1.165, 1.54) is 12.0 Å². The molecule has 2 amide bonds. The third kappa shape index (κ3) is 3.49. The summed E-state index contributed by atoms with van der Waals surface area (Å²) in [7, 11) is 0. The van der Waals surface area contributed by atoms with Gasteiger partial charge in [0.1, 0.15) is 0 Å². The van der Waals surface area contributed by atoms with Crippen LogP contribution in [0, 0.1) is 11.8 Å². The summed E-state index contributed by atoms with van der Waals surface area (Å²) in [6, 6.07) is -0.130. The van der Waals surface area contributed by atoms with Crippen molar-refractivity contribution in [3.8, 4) is 0 Å². The van der Waals surface area contributed by atoms with Crippen molar-refractivity contribution in [2.75, 3.05) is 19.6 Å². The molecule has 1 heterocycles. The molecule has 5 nitrogen and oxygen atoms in total. The first-order chi connectivity index (χ1) is 9.08. The van der Waals surface area contributed by atoms with Crippen LogP contribution in [0.5, 0.6) is 0 Å². The Bertz CT molecular complexity index is 392. The zero-order valence-electron chi connectivity index (χ0n) is 11.4. The monoisotopic (exact) mass is 266 g/mol. The van der Waals surface area contributed by atoms with Gasteiger partial charge in [-0.25, -0.2) is 4.79 Å². The lowest BCUT2D eigenvalue weighted by Gasteiger charge is -2.17. The maximum absolute atomic E-state index is 11.9. The number of carbonyl (C=O) groups excluding carboxylic acids is 1. The second kappa shape index (κ2) is 6.08. The van der Waals surface area contributed by atoms with Gasteiger partial charge in [-0.05, 0) is 31.6 Å². The number of likely N-dealkylation sites (tertiary alicyclic amines) is 1. The minimum Gasteiger partial charge on any atom is -0.481 e. The number of rotatable bonds is 4. The van der Waals surface area contributed by atoms with Crippen molar-refractivity contribution in [3.05, 3.63) is 11.6 Å². The van der Waals surface area contributed by atoms with E-state index in [1.54, 1.807) is 4.90 Å². The van der Waals surface area contributed by atoms with Gasteiger partial charge in [0.05, 0.1) is 5.92 Å². The highest BCUT2D eigenvalue weighted by molar-refractivity contribution is 5.77. The van der Waals surface area contributed by atoms with Crippen LogP contribution in [0.25, 0.3) is 0 Å². The lowest BCUT2D eigenvalue weighted by molar-refractivity contribution is -0.142. The Balaban J connectivity index is 1.73. The van der Waals surface area contributed by atoms with Gasteiger partial charge < -0.3 is 15.3 Å². The van der Waals surface area contributed by atoms with Crippen LogP contribution in [0.2, 0.25) is 0 Å². The molecule has 2 rings (SSSR count). The molecule has 19 heavy (non-hydrogen) atoms. The van der Waals surface area contributed by atoms with E-state index in [9.17, 15) is 9.59 Å². The highest BCUT2D eigenvalue weighted by atomic mass is 16.4. The number of nitrogens with zero attached hydrogens (tertiary/aromatic N) is 1. The molecule has 0 saturated carbocycles. The van der Waals surface area contributed by atoms with Crippen molar-refractivity contribution in [1.82, 2.24) is 10.2 Å². The molecule has 0 unspecified atom stereocenters. The summed E-state index contributed by atoms with van der Waals surface area (Å²) < 4.78 is 0. The van der Waals surface area contributed by atoms with E-state index in [0.29, 0.717) is 19.6 Å². The fourth-order valence-electron chi connectivity index (χ4n) is 2.86. The number of carboxylic acid groups (broad SMARTS) is 1. The molecule has 1 aliphatic carbocycles. The minimum atomic E-state index is -0.807. The van der Waals surface area contributed by atoms with Crippen molar-refractivity contribution >= 4 is 12.0 Å². The molecule has 0 radical (unpaired) electrons. The van der Waals surface area contributed by atoms with Crippen molar-refractivity contribution < 1.29 is 14.7 Å². The molecule has 0 aromatic carbocycles. The maximum atomic E-state index is 11.9. The van der Waals surface area contributed by atoms with Crippen LogP contribution in [-0.2, 0) is 4.79 Å². The van der Waals surface area contributed by atoms with Crippen molar-refractivity contribution in [2.24, 2.45) is 11.8 Å². The zero-order valence-corrected chi connectivity index (χ0v) is 11.4. The Labute approximate surface area is 113 Å². The number of urea groups is 1. The van der Waals surface area contributed by atoms with Crippen LogP contribution < -0.4 is 5.32 Å². The van der Waals surface area contributed by atoms with E-state index >= 15 is 0 Å². The van der Waals surface area contributed by atoms with Crippen LogP contribution >= 0.6 is 0 Å². The molecular formula is C14H22N2O3. The summed E-state index contributed by atoms with van der Waals surface area (Å²) >= 11 is 0. The van der Waals surface area contributed by atoms with Gasteiger partial charge in [0.2, 0.25) is 0 Å². The van der Waals surface area contributed by atoms with Gasteiger partial charge in [-0.3, -0.25) is 4.79 Å². The molecule has 0 aromatic heterocycles. The Morgan fingerprint density at radius 1 is 1.47 bits per heavy atom. The molecule has 1 aliphatic heterocycles. The number of amides is 2. The minimum absolute atomic E-state index is 0.0285. The van der Waals surface area contributed by atoms with E-state index in [4.69, 9.17) is 5.11 Å².